The summed E-state index contributed by atoms with van der Waals surface area (Å²) in [6.07, 6.45) is -0.435. The van der Waals surface area contributed by atoms with Crippen molar-refractivity contribution in [2.75, 3.05) is 0 Å². The minimum atomic E-state index is -3.94. The Morgan fingerprint density at radius 2 is 1.62 bits per heavy atom. The minimum absolute atomic E-state index is 0.335. The molecule has 0 bridgehead atoms. The highest BCUT2D eigenvalue weighted by atomic mass is 19.4. The summed E-state index contributed by atoms with van der Waals surface area (Å²) in [6, 6.07) is 0. The highest BCUT2D eigenvalue weighted by molar-refractivity contribution is 5.02. The van der Waals surface area contributed by atoms with Gasteiger partial charge in [-0.2, -0.15) is 13.2 Å². The highest BCUT2D eigenvalue weighted by Crippen LogP contribution is 2.62. The van der Waals surface area contributed by atoms with Crippen LogP contribution in [0.5, 0.6) is 0 Å². The molecular weight excluding hydrogens is 177 g/mol. The average Bonchev–Trinajstić information content (AvgIpc) is 2.60. The molecule has 0 radical (unpaired) electrons. The van der Waals surface area contributed by atoms with E-state index in [-0.39, 0.29) is 0 Å². The molecule has 0 aromatic carbocycles. The Morgan fingerprint density at radius 1 is 1.15 bits per heavy atom. The van der Waals surface area contributed by atoms with E-state index in [1.54, 1.807) is 0 Å². The van der Waals surface area contributed by atoms with Gasteiger partial charge in [-0.05, 0) is 43.4 Å². The van der Waals surface area contributed by atoms with Crippen LogP contribution in [0.1, 0.15) is 39.0 Å². The molecule has 0 aromatic rings. The van der Waals surface area contributed by atoms with Gasteiger partial charge in [0.1, 0.15) is 0 Å². The quantitative estimate of drug-likeness (QED) is 0.548. The first-order valence-corrected chi connectivity index (χ1v) is 5.01. The summed E-state index contributed by atoms with van der Waals surface area (Å²) in [7, 11) is 0. The van der Waals surface area contributed by atoms with Gasteiger partial charge in [0.15, 0.2) is 0 Å². The van der Waals surface area contributed by atoms with Crippen molar-refractivity contribution >= 4 is 0 Å². The third-order valence-electron chi connectivity index (χ3n) is 4.04. The molecule has 2 fully saturated rings. The zero-order valence-electron chi connectivity index (χ0n) is 7.82. The predicted octanol–water partition coefficient (Wildman–Crippen LogP) is 3.77. The Hall–Kier alpha value is -0.210. The predicted molar refractivity (Wildman–Crippen MR) is 44.2 cm³/mol. The van der Waals surface area contributed by atoms with Crippen molar-refractivity contribution in [1.29, 1.82) is 0 Å². The fourth-order valence-electron chi connectivity index (χ4n) is 2.77. The van der Waals surface area contributed by atoms with Crippen molar-refractivity contribution in [1.82, 2.24) is 0 Å². The molecule has 3 heteroatoms. The summed E-state index contributed by atoms with van der Waals surface area (Å²) in [5.74, 6) is -0.326. The normalized spacial score (nSPS) is 45.2. The van der Waals surface area contributed by atoms with Crippen molar-refractivity contribution < 1.29 is 13.2 Å². The van der Waals surface area contributed by atoms with E-state index in [4.69, 9.17) is 0 Å². The third kappa shape index (κ3) is 1.57. The summed E-state index contributed by atoms with van der Waals surface area (Å²) < 4.78 is 36.9. The maximum Gasteiger partial charge on any atom is 0.391 e. The SMILES string of the molecule is CC1CC12CCC(C(F)(F)F)CC2. The van der Waals surface area contributed by atoms with Crippen LogP contribution in [0.2, 0.25) is 0 Å². The van der Waals surface area contributed by atoms with Gasteiger partial charge in [-0.25, -0.2) is 0 Å². The van der Waals surface area contributed by atoms with Crippen LogP contribution in [-0.2, 0) is 0 Å². The number of rotatable bonds is 0. The molecule has 2 aliphatic rings. The van der Waals surface area contributed by atoms with Crippen LogP contribution < -0.4 is 0 Å². The molecule has 1 atom stereocenters. The Morgan fingerprint density at radius 3 is 1.92 bits per heavy atom. The van der Waals surface area contributed by atoms with Crippen LogP contribution in [0.25, 0.3) is 0 Å². The van der Waals surface area contributed by atoms with Crippen molar-refractivity contribution in [3.8, 4) is 0 Å². The molecule has 0 aliphatic heterocycles. The first kappa shape index (κ1) is 9.35. The van der Waals surface area contributed by atoms with E-state index in [9.17, 15) is 13.2 Å². The molecule has 2 saturated carbocycles. The average molecular weight is 192 g/mol. The monoisotopic (exact) mass is 192 g/mol. The Balaban J connectivity index is 1.90. The van der Waals surface area contributed by atoms with Crippen molar-refractivity contribution in [2.45, 2.75) is 45.2 Å². The van der Waals surface area contributed by atoms with E-state index < -0.39 is 12.1 Å². The van der Waals surface area contributed by atoms with Gasteiger partial charge >= 0.3 is 6.18 Å². The van der Waals surface area contributed by atoms with Crippen LogP contribution in [0.3, 0.4) is 0 Å². The van der Waals surface area contributed by atoms with E-state index in [1.165, 1.54) is 0 Å². The molecule has 13 heavy (non-hydrogen) atoms. The van der Waals surface area contributed by atoms with Gasteiger partial charge in [0.2, 0.25) is 0 Å². The van der Waals surface area contributed by atoms with Gasteiger partial charge in [0, 0.05) is 0 Å². The third-order valence-corrected chi connectivity index (χ3v) is 4.04. The fourth-order valence-corrected chi connectivity index (χ4v) is 2.77. The molecule has 1 spiro atoms. The summed E-state index contributed by atoms with van der Waals surface area (Å²) in [5.41, 5.74) is 0.335. The molecule has 0 N–H and O–H groups in total. The second-order valence-electron chi connectivity index (χ2n) is 4.78. The summed E-state index contributed by atoms with van der Waals surface area (Å²) in [4.78, 5) is 0. The number of hydrogen-bond acceptors (Lipinski definition) is 0. The fraction of sp³-hybridized carbons (Fsp3) is 1.00. The van der Waals surface area contributed by atoms with E-state index >= 15 is 0 Å². The maximum atomic E-state index is 12.3. The van der Waals surface area contributed by atoms with Gasteiger partial charge in [0.05, 0.1) is 5.92 Å². The molecule has 2 rings (SSSR count). The van der Waals surface area contributed by atoms with Gasteiger partial charge in [-0.3, -0.25) is 0 Å². The maximum absolute atomic E-state index is 12.3. The molecule has 2 aliphatic carbocycles. The first-order chi connectivity index (χ1) is 5.94. The minimum Gasteiger partial charge on any atom is -0.171 e. The van der Waals surface area contributed by atoms with Gasteiger partial charge in [-0.15, -0.1) is 0 Å². The van der Waals surface area contributed by atoms with E-state index in [0.29, 0.717) is 24.2 Å². The zero-order chi connectivity index (χ0) is 9.69. The van der Waals surface area contributed by atoms with Gasteiger partial charge in [0.25, 0.3) is 0 Å². The lowest BCUT2D eigenvalue weighted by molar-refractivity contribution is -0.185. The topological polar surface area (TPSA) is 0 Å². The molecule has 0 saturated heterocycles. The second-order valence-corrected chi connectivity index (χ2v) is 4.78. The van der Waals surface area contributed by atoms with E-state index in [1.807, 2.05) is 0 Å². The molecule has 0 heterocycles. The largest absolute Gasteiger partial charge is 0.391 e. The molecule has 0 nitrogen and oxygen atoms in total. The number of alkyl halides is 3. The standard InChI is InChI=1S/C10H15F3/c1-7-6-9(7)4-2-8(3-5-9)10(11,12)13/h7-8H,2-6H2,1H3. The summed E-state index contributed by atoms with van der Waals surface area (Å²) in [5, 5.41) is 0. The van der Waals surface area contributed by atoms with Crippen molar-refractivity contribution in [3.63, 3.8) is 0 Å². The summed E-state index contributed by atoms with van der Waals surface area (Å²) >= 11 is 0. The van der Waals surface area contributed by atoms with E-state index in [2.05, 4.69) is 6.92 Å². The Bertz CT molecular complexity index is 199. The molecule has 1 unspecified atom stereocenters. The molecule has 76 valence electrons. The van der Waals surface area contributed by atoms with Gasteiger partial charge in [-0.1, -0.05) is 6.92 Å². The van der Waals surface area contributed by atoms with Crippen LogP contribution in [0.4, 0.5) is 13.2 Å². The lowest BCUT2D eigenvalue weighted by Gasteiger charge is -2.30. The highest BCUT2D eigenvalue weighted by Gasteiger charge is 2.55. The Labute approximate surface area is 76.5 Å². The van der Waals surface area contributed by atoms with Gasteiger partial charge < -0.3 is 0 Å². The second kappa shape index (κ2) is 2.64. The van der Waals surface area contributed by atoms with Crippen LogP contribution >= 0.6 is 0 Å². The van der Waals surface area contributed by atoms with Crippen molar-refractivity contribution in [3.05, 3.63) is 0 Å². The smallest absolute Gasteiger partial charge is 0.171 e. The van der Waals surface area contributed by atoms with Crippen LogP contribution in [-0.4, -0.2) is 6.18 Å². The van der Waals surface area contributed by atoms with Crippen molar-refractivity contribution in [2.24, 2.45) is 17.3 Å². The number of hydrogen-bond donors (Lipinski definition) is 0. The molecule has 0 aromatic heterocycles. The number of halogens is 3. The lowest BCUT2D eigenvalue weighted by atomic mass is 9.78. The molecular formula is C10H15F3. The van der Waals surface area contributed by atoms with Crippen LogP contribution in [0, 0.1) is 17.3 Å². The molecule has 0 amide bonds. The summed E-state index contributed by atoms with van der Waals surface area (Å²) in [6.45, 7) is 2.16. The van der Waals surface area contributed by atoms with Crippen LogP contribution in [0.15, 0.2) is 0 Å². The van der Waals surface area contributed by atoms with E-state index in [0.717, 1.165) is 19.3 Å². The lowest BCUT2D eigenvalue weighted by Crippen LogP contribution is -2.28. The zero-order valence-corrected chi connectivity index (χ0v) is 7.82. The Kier molecular flexibility index (Phi) is 1.90. The first-order valence-electron chi connectivity index (χ1n) is 5.01.